The second-order valence-electron chi connectivity index (χ2n) is 4.62. The zero-order valence-corrected chi connectivity index (χ0v) is 11.6. The van der Waals surface area contributed by atoms with Crippen molar-refractivity contribution in [1.29, 1.82) is 0 Å². The highest BCUT2D eigenvalue weighted by Crippen LogP contribution is 2.32. The molecular formula is C16H12ClNO2. The van der Waals surface area contributed by atoms with E-state index in [0.717, 1.165) is 12.0 Å². The van der Waals surface area contributed by atoms with Crippen molar-refractivity contribution in [2.24, 2.45) is 0 Å². The number of carbonyl (C=O) groups excluding carboxylic acids is 2. The molecule has 0 saturated heterocycles. The predicted molar refractivity (Wildman–Crippen MR) is 78.4 cm³/mol. The molecule has 0 radical (unpaired) electrons. The van der Waals surface area contributed by atoms with E-state index in [4.69, 9.17) is 11.6 Å². The van der Waals surface area contributed by atoms with Gasteiger partial charge in [0.25, 0.3) is 11.8 Å². The fraction of sp³-hybridized carbons (Fsp3) is 0.125. The molecule has 3 rings (SSSR count). The van der Waals surface area contributed by atoms with Crippen molar-refractivity contribution < 1.29 is 9.59 Å². The third-order valence-corrected chi connectivity index (χ3v) is 3.70. The maximum Gasteiger partial charge on any atom is 0.266 e. The molecule has 0 fully saturated rings. The molecule has 1 heterocycles. The van der Waals surface area contributed by atoms with E-state index in [1.165, 1.54) is 4.90 Å². The van der Waals surface area contributed by atoms with E-state index in [0.29, 0.717) is 21.8 Å². The van der Waals surface area contributed by atoms with Crippen LogP contribution in [0.5, 0.6) is 0 Å². The molecule has 0 spiro atoms. The van der Waals surface area contributed by atoms with E-state index in [-0.39, 0.29) is 11.8 Å². The first-order valence-corrected chi connectivity index (χ1v) is 6.77. The molecule has 0 atom stereocenters. The Morgan fingerprint density at radius 1 is 1.00 bits per heavy atom. The van der Waals surface area contributed by atoms with Crippen LogP contribution in [0.3, 0.4) is 0 Å². The Bertz CT molecular complexity index is 689. The van der Waals surface area contributed by atoms with Crippen LogP contribution in [0.15, 0.2) is 42.5 Å². The number of hydrogen-bond donors (Lipinski definition) is 0. The average Bonchev–Trinajstić information content (AvgIpc) is 2.71. The SMILES string of the molecule is CCc1ccc(Cl)cc1N1C(=O)c2ccccc2C1=O. The van der Waals surface area contributed by atoms with Gasteiger partial charge in [0.15, 0.2) is 0 Å². The van der Waals surface area contributed by atoms with Crippen LogP contribution >= 0.6 is 11.6 Å². The summed E-state index contributed by atoms with van der Waals surface area (Å²) < 4.78 is 0. The smallest absolute Gasteiger partial charge is 0.266 e. The number of fused-ring (bicyclic) bond motifs is 1. The number of rotatable bonds is 2. The van der Waals surface area contributed by atoms with Gasteiger partial charge in [-0.3, -0.25) is 9.59 Å². The normalized spacial score (nSPS) is 13.8. The zero-order chi connectivity index (χ0) is 14.3. The molecule has 0 saturated carbocycles. The van der Waals surface area contributed by atoms with Gasteiger partial charge in [0.1, 0.15) is 0 Å². The summed E-state index contributed by atoms with van der Waals surface area (Å²) in [5.41, 5.74) is 2.38. The fourth-order valence-corrected chi connectivity index (χ4v) is 2.62. The van der Waals surface area contributed by atoms with E-state index >= 15 is 0 Å². The molecular weight excluding hydrogens is 274 g/mol. The molecule has 2 aromatic carbocycles. The van der Waals surface area contributed by atoms with E-state index in [9.17, 15) is 9.59 Å². The van der Waals surface area contributed by atoms with Crippen LogP contribution in [0.1, 0.15) is 33.2 Å². The number of halogens is 1. The highest BCUT2D eigenvalue weighted by molar-refractivity contribution is 6.35. The van der Waals surface area contributed by atoms with Crippen LogP contribution < -0.4 is 4.90 Å². The Balaban J connectivity index is 2.16. The lowest BCUT2D eigenvalue weighted by Crippen LogP contribution is -2.30. The van der Waals surface area contributed by atoms with E-state index in [1.54, 1.807) is 36.4 Å². The number of amides is 2. The lowest BCUT2D eigenvalue weighted by Gasteiger charge is -2.18. The lowest BCUT2D eigenvalue weighted by molar-refractivity contribution is 0.0926. The molecule has 3 nitrogen and oxygen atoms in total. The van der Waals surface area contributed by atoms with Crippen molar-refractivity contribution in [2.75, 3.05) is 4.90 Å². The highest BCUT2D eigenvalue weighted by Gasteiger charge is 2.37. The van der Waals surface area contributed by atoms with Gasteiger partial charge in [-0.15, -0.1) is 0 Å². The van der Waals surface area contributed by atoms with Gasteiger partial charge in [0, 0.05) is 5.02 Å². The third kappa shape index (κ3) is 1.82. The summed E-state index contributed by atoms with van der Waals surface area (Å²) in [5, 5.41) is 0.508. The summed E-state index contributed by atoms with van der Waals surface area (Å²) in [4.78, 5) is 26.1. The first kappa shape index (κ1) is 12.9. The summed E-state index contributed by atoms with van der Waals surface area (Å²) in [6, 6.07) is 12.1. The number of carbonyl (C=O) groups is 2. The Hall–Kier alpha value is -2.13. The average molecular weight is 286 g/mol. The van der Waals surface area contributed by atoms with Crippen molar-refractivity contribution in [3.63, 3.8) is 0 Å². The Morgan fingerprint density at radius 2 is 1.60 bits per heavy atom. The molecule has 1 aliphatic heterocycles. The maximum absolute atomic E-state index is 12.4. The van der Waals surface area contributed by atoms with Crippen LogP contribution in [0.25, 0.3) is 0 Å². The second kappa shape index (κ2) is 4.76. The molecule has 0 unspecified atom stereocenters. The number of imide groups is 1. The van der Waals surface area contributed by atoms with Gasteiger partial charge >= 0.3 is 0 Å². The predicted octanol–water partition coefficient (Wildman–Crippen LogP) is 3.70. The minimum absolute atomic E-state index is 0.289. The standard InChI is InChI=1S/C16H12ClNO2/c1-2-10-7-8-11(17)9-14(10)18-15(19)12-5-3-4-6-13(12)16(18)20/h3-9H,2H2,1H3. The summed E-state index contributed by atoms with van der Waals surface area (Å²) >= 11 is 6.01. The van der Waals surface area contributed by atoms with Gasteiger partial charge in [0.05, 0.1) is 16.8 Å². The molecule has 0 aromatic heterocycles. The maximum atomic E-state index is 12.4. The van der Waals surface area contributed by atoms with E-state index in [1.807, 2.05) is 13.0 Å². The highest BCUT2D eigenvalue weighted by atomic mass is 35.5. The zero-order valence-electron chi connectivity index (χ0n) is 10.9. The van der Waals surface area contributed by atoms with Crippen molar-refractivity contribution >= 4 is 29.1 Å². The van der Waals surface area contributed by atoms with Crippen LogP contribution in [0.4, 0.5) is 5.69 Å². The molecule has 20 heavy (non-hydrogen) atoms. The summed E-state index contributed by atoms with van der Waals surface area (Å²) in [6.45, 7) is 1.98. The van der Waals surface area contributed by atoms with Gasteiger partial charge in [-0.2, -0.15) is 0 Å². The lowest BCUT2D eigenvalue weighted by atomic mass is 10.1. The van der Waals surface area contributed by atoms with Crippen molar-refractivity contribution in [3.8, 4) is 0 Å². The topological polar surface area (TPSA) is 37.4 Å². The molecule has 2 amide bonds. The van der Waals surface area contributed by atoms with Crippen LogP contribution in [-0.4, -0.2) is 11.8 Å². The molecule has 4 heteroatoms. The Kier molecular flexibility index (Phi) is 3.07. The van der Waals surface area contributed by atoms with Gasteiger partial charge in [0.2, 0.25) is 0 Å². The number of anilines is 1. The number of benzene rings is 2. The first-order chi connectivity index (χ1) is 9.63. The molecule has 100 valence electrons. The fourth-order valence-electron chi connectivity index (χ4n) is 2.45. The molecule has 2 aromatic rings. The number of hydrogen-bond acceptors (Lipinski definition) is 2. The summed E-state index contributed by atoms with van der Waals surface area (Å²) in [7, 11) is 0. The summed E-state index contributed by atoms with van der Waals surface area (Å²) in [6.07, 6.45) is 0.722. The Labute approximate surface area is 121 Å². The van der Waals surface area contributed by atoms with Crippen LogP contribution in [-0.2, 0) is 6.42 Å². The minimum atomic E-state index is -0.289. The number of aryl methyl sites for hydroxylation is 1. The van der Waals surface area contributed by atoms with Gasteiger partial charge in [-0.25, -0.2) is 4.90 Å². The minimum Gasteiger partial charge on any atom is -0.268 e. The van der Waals surface area contributed by atoms with Gasteiger partial charge in [-0.1, -0.05) is 36.7 Å². The monoisotopic (exact) mass is 285 g/mol. The second-order valence-corrected chi connectivity index (χ2v) is 5.05. The van der Waals surface area contributed by atoms with Crippen molar-refractivity contribution in [3.05, 3.63) is 64.2 Å². The first-order valence-electron chi connectivity index (χ1n) is 6.39. The Morgan fingerprint density at radius 3 is 2.15 bits per heavy atom. The largest absolute Gasteiger partial charge is 0.268 e. The van der Waals surface area contributed by atoms with E-state index in [2.05, 4.69) is 0 Å². The molecule has 0 bridgehead atoms. The molecule has 0 N–H and O–H groups in total. The third-order valence-electron chi connectivity index (χ3n) is 3.46. The van der Waals surface area contributed by atoms with Gasteiger partial charge < -0.3 is 0 Å². The molecule has 0 aliphatic carbocycles. The quantitative estimate of drug-likeness (QED) is 0.789. The van der Waals surface area contributed by atoms with Crippen LogP contribution in [0.2, 0.25) is 5.02 Å². The van der Waals surface area contributed by atoms with Crippen LogP contribution in [0, 0.1) is 0 Å². The van der Waals surface area contributed by atoms with Gasteiger partial charge in [-0.05, 0) is 36.2 Å². The van der Waals surface area contributed by atoms with Crippen molar-refractivity contribution in [2.45, 2.75) is 13.3 Å². The molecule has 1 aliphatic rings. The summed E-state index contributed by atoms with van der Waals surface area (Å²) in [5.74, 6) is -0.579. The van der Waals surface area contributed by atoms with E-state index < -0.39 is 0 Å². The number of nitrogens with zero attached hydrogens (tertiary/aromatic N) is 1. The van der Waals surface area contributed by atoms with Crippen molar-refractivity contribution in [1.82, 2.24) is 0 Å².